The van der Waals surface area contributed by atoms with E-state index in [0.717, 1.165) is 6.42 Å². The van der Waals surface area contributed by atoms with E-state index in [1.165, 1.54) is 24.0 Å². The number of benzene rings is 1. The Balaban J connectivity index is 1.58. The van der Waals surface area contributed by atoms with Crippen LogP contribution in [-0.4, -0.2) is 40.5 Å². The summed E-state index contributed by atoms with van der Waals surface area (Å²) in [5.41, 5.74) is 7.49. The van der Waals surface area contributed by atoms with Gasteiger partial charge in [0.15, 0.2) is 17.1 Å². The number of hydrogen-bond donors (Lipinski definition) is 1. The van der Waals surface area contributed by atoms with Gasteiger partial charge in [-0.3, -0.25) is 9.79 Å². The lowest BCUT2D eigenvalue weighted by atomic mass is 9.84. The third-order valence-electron chi connectivity index (χ3n) is 6.55. The Bertz CT molecular complexity index is 1210. The van der Waals surface area contributed by atoms with Crippen LogP contribution in [0, 0.1) is 31.0 Å². The van der Waals surface area contributed by atoms with Crippen LogP contribution in [0.3, 0.4) is 0 Å². The molecule has 1 aromatic carbocycles. The summed E-state index contributed by atoms with van der Waals surface area (Å²) in [6.07, 6.45) is 7.37. The molecule has 0 spiro atoms. The second-order valence-corrected chi connectivity index (χ2v) is 10.6. The van der Waals surface area contributed by atoms with Crippen LogP contribution in [0.15, 0.2) is 35.5 Å². The molecule has 1 fully saturated rings. The van der Waals surface area contributed by atoms with Gasteiger partial charge < -0.3 is 15.2 Å². The number of amidine groups is 1. The molecule has 4 atom stereocenters. The lowest BCUT2D eigenvalue weighted by Gasteiger charge is -2.34. The number of Topliss-reactive ketones (excluding diaryl/α,β-unsaturated/α-hetero) is 1. The molecule has 0 amide bonds. The first kappa shape index (κ1) is 24.2. The molecule has 2 aliphatic rings. The molecule has 0 unspecified atom stereocenters. The van der Waals surface area contributed by atoms with Crippen LogP contribution in [-0.2, 0) is 16.7 Å². The quantitative estimate of drug-likeness (QED) is 0.452. The van der Waals surface area contributed by atoms with E-state index >= 15 is 4.39 Å². The molecule has 1 saturated carbocycles. The van der Waals surface area contributed by atoms with Crippen molar-refractivity contribution in [3.63, 3.8) is 0 Å². The fraction of sp³-hybridized carbons (Fsp3) is 0.423. The normalized spacial score (nSPS) is 26.1. The van der Waals surface area contributed by atoms with Crippen molar-refractivity contribution in [2.45, 2.75) is 50.0 Å². The van der Waals surface area contributed by atoms with Crippen molar-refractivity contribution < 1.29 is 18.7 Å². The average Bonchev–Trinajstić information content (AvgIpc) is 3.49. The highest BCUT2D eigenvalue weighted by atomic mass is 32.2. The number of pyridine rings is 1. The van der Waals surface area contributed by atoms with Gasteiger partial charge in [0.25, 0.3) is 0 Å². The molecular formula is C26H28FN3O3S. The first-order chi connectivity index (χ1) is 16.1. The molecule has 2 heterocycles. The largest absolute Gasteiger partial charge is 0.476 e. The maximum Gasteiger partial charge on any atom is 0.185 e. The molecule has 34 heavy (non-hydrogen) atoms. The number of thioether (sulfide) groups is 1. The maximum absolute atomic E-state index is 15.1. The summed E-state index contributed by atoms with van der Waals surface area (Å²) < 4.78 is 25.9. The van der Waals surface area contributed by atoms with Gasteiger partial charge in [0, 0.05) is 25.0 Å². The topological polar surface area (TPSA) is 86.8 Å². The van der Waals surface area contributed by atoms with E-state index in [0.29, 0.717) is 39.9 Å². The van der Waals surface area contributed by atoms with Crippen LogP contribution in [0.1, 0.15) is 47.4 Å². The van der Waals surface area contributed by atoms with Crippen molar-refractivity contribution >= 4 is 22.7 Å². The Morgan fingerprint density at radius 3 is 2.88 bits per heavy atom. The van der Waals surface area contributed by atoms with E-state index in [1.807, 2.05) is 6.92 Å². The predicted octanol–water partition coefficient (Wildman–Crippen LogP) is 4.04. The van der Waals surface area contributed by atoms with Gasteiger partial charge in [-0.1, -0.05) is 23.7 Å². The van der Waals surface area contributed by atoms with Gasteiger partial charge in [0.1, 0.15) is 17.3 Å². The van der Waals surface area contributed by atoms with Gasteiger partial charge in [-0.15, -0.1) is 6.42 Å². The fourth-order valence-corrected chi connectivity index (χ4v) is 6.26. The lowest BCUT2D eigenvalue weighted by Crippen LogP contribution is -2.37. The van der Waals surface area contributed by atoms with E-state index in [9.17, 15) is 4.79 Å². The van der Waals surface area contributed by atoms with E-state index in [2.05, 4.69) is 15.9 Å². The van der Waals surface area contributed by atoms with Crippen molar-refractivity contribution in [3.05, 3.63) is 58.7 Å². The Hall–Kier alpha value is -2.89. The number of carbonyl (C=O) groups is 1. The predicted molar refractivity (Wildman–Crippen MR) is 132 cm³/mol. The third-order valence-corrected chi connectivity index (χ3v) is 7.82. The van der Waals surface area contributed by atoms with Crippen molar-refractivity contribution in [1.29, 1.82) is 0 Å². The standard InChI is InChI=1S/C26H28FN3O3S/c1-6-16(3)33-18-9-15(2)23(29-13-18)21(31)11-17-7-8-20(27)19(10-17)25(4)22-12-26(22,14-32-5)34-24(28)30-25/h1,7-10,13,16,22H,11-12,14H2,2-5H3,(H2,28,30)/t16-,22-,25+,26+/m0/s1. The first-order valence-electron chi connectivity index (χ1n) is 11.1. The lowest BCUT2D eigenvalue weighted by molar-refractivity contribution is 0.0987. The number of halogens is 1. The summed E-state index contributed by atoms with van der Waals surface area (Å²) in [5.74, 6) is 2.56. The number of aryl methyl sites for hydroxylation is 1. The number of ketones is 1. The fourth-order valence-electron chi connectivity index (χ4n) is 4.81. The summed E-state index contributed by atoms with van der Waals surface area (Å²) in [4.78, 5) is 22.0. The van der Waals surface area contributed by atoms with Gasteiger partial charge in [-0.25, -0.2) is 9.37 Å². The third kappa shape index (κ3) is 4.42. The molecule has 2 aromatic rings. The van der Waals surface area contributed by atoms with Crippen molar-refractivity contribution in [2.75, 3.05) is 13.7 Å². The van der Waals surface area contributed by atoms with Gasteiger partial charge >= 0.3 is 0 Å². The molecule has 178 valence electrons. The van der Waals surface area contributed by atoms with Gasteiger partial charge in [0.2, 0.25) is 0 Å². The summed E-state index contributed by atoms with van der Waals surface area (Å²) in [7, 11) is 1.65. The van der Waals surface area contributed by atoms with E-state index < -0.39 is 11.6 Å². The molecule has 6 nitrogen and oxygen atoms in total. The molecule has 0 bridgehead atoms. The second-order valence-electron chi connectivity index (χ2n) is 9.13. The van der Waals surface area contributed by atoms with Crippen LogP contribution >= 0.6 is 11.8 Å². The highest BCUT2D eigenvalue weighted by Gasteiger charge is 2.66. The Labute approximate surface area is 203 Å². The Kier molecular flexibility index (Phi) is 6.45. The average molecular weight is 482 g/mol. The summed E-state index contributed by atoms with van der Waals surface area (Å²) in [5, 5.41) is 0.426. The maximum atomic E-state index is 15.1. The molecule has 1 aromatic heterocycles. The Morgan fingerprint density at radius 2 is 2.21 bits per heavy atom. The van der Waals surface area contributed by atoms with Crippen LogP contribution in [0.25, 0.3) is 0 Å². The number of nitrogens with zero attached hydrogens (tertiary/aromatic N) is 2. The van der Waals surface area contributed by atoms with Crippen molar-refractivity contribution in [2.24, 2.45) is 16.6 Å². The van der Waals surface area contributed by atoms with Crippen LogP contribution in [0.5, 0.6) is 5.75 Å². The molecule has 0 saturated heterocycles. The number of methoxy groups -OCH3 is 1. The molecule has 2 N–H and O–H groups in total. The van der Waals surface area contributed by atoms with Gasteiger partial charge in [-0.05, 0) is 56.5 Å². The number of nitrogens with two attached hydrogens (primary N) is 1. The zero-order valence-electron chi connectivity index (χ0n) is 19.7. The number of aliphatic imine (C=N–C) groups is 1. The minimum absolute atomic E-state index is 0.0833. The van der Waals surface area contributed by atoms with Crippen LogP contribution in [0.2, 0.25) is 0 Å². The van der Waals surface area contributed by atoms with Crippen molar-refractivity contribution in [3.8, 4) is 18.1 Å². The number of aromatic nitrogens is 1. The number of fused-ring (bicyclic) bond motifs is 1. The van der Waals surface area contributed by atoms with Gasteiger partial charge in [-0.2, -0.15) is 0 Å². The first-order valence-corrected chi connectivity index (χ1v) is 11.9. The SMILES string of the molecule is C#C[C@H](C)Oc1cnc(C(=O)Cc2ccc(F)c([C@@]3(C)N=C(N)S[C@@]4(COC)C[C@H]43)c2)c(C)c1. The number of carbonyl (C=O) groups excluding carboxylic acids is 1. The highest BCUT2D eigenvalue weighted by Crippen LogP contribution is 2.65. The number of rotatable bonds is 8. The van der Waals surface area contributed by atoms with E-state index in [4.69, 9.17) is 21.6 Å². The summed E-state index contributed by atoms with van der Waals surface area (Å²) in [6, 6.07) is 6.50. The minimum Gasteiger partial charge on any atom is -0.476 e. The van der Waals surface area contributed by atoms with E-state index in [-0.39, 0.29) is 28.7 Å². The van der Waals surface area contributed by atoms with Crippen molar-refractivity contribution in [1.82, 2.24) is 4.98 Å². The molecular weight excluding hydrogens is 453 g/mol. The molecule has 4 rings (SSSR count). The smallest absolute Gasteiger partial charge is 0.185 e. The van der Waals surface area contributed by atoms with E-state index in [1.54, 1.807) is 39.2 Å². The molecule has 1 aliphatic carbocycles. The molecule has 1 aliphatic heterocycles. The number of ether oxygens (including phenoxy) is 2. The Morgan fingerprint density at radius 1 is 1.44 bits per heavy atom. The number of terminal acetylenes is 1. The zero-order chi connectivity index (χ0) is 24.7. The van der Waals surface area contributed by atoms with Crippen LogP contribution in [0.4, 0.5) is 4.39 Å². The summed E-state index contributed by atoms with van der Waals surface area (Å²) >= 11 is 1.51. The van der Waals surface area contributed by atoms with Crippen LogP contribution < -0.4 is 10.5 Å². The van der Waals surface area contributed by atoms with Gasteiger partial charge in [0.05, 0.1) is 23.1 Å². The molecule has 8 heteroatoms. The molecule has 0 radical (unpaired) electrons. The number of hydrogen-bond acceptors (Lipinski definition) is 7. The highest BCUT2D eigenvalue weighted by molar-refractivity contribution is 8.15. The minimum atomic E-state index is -0.822. The summed E-state index contributed by atoms with van der Waals surface area (Å²) in [6.45, 7) is 5.99. The second kappa shape index (κ2) is 9.05. The zero-order valence-corrected chi connectivity index (χ0v) is 20.5. The monoisotopic (exact) mass is 481 g/mol.